The fraction of sp³-hybridized carbons (Fsp3) is 0.421. The summed E-state index contributed by atoms with van der Waals surface area (Å²) >= 11 is 0. The second-order valence-corrected chi connectivity index (χ2v) is 6.90. The number of imidazole rings is 1. The van der Waals surface area contributed by atoms with Crippen molar-refractivity contribution in [3.63, 3.8) is 0 Å². The van der Waals surface area contributed by atoms with Crippen LogP contribution in [0.4, 0.5) is 10.3 Å². The van der Waals surface area contributed by atoms with Gasteiger partial charge in [-0.1, -0.05) is 19.1 Å². The molecule has 1 unspecified atom stereocenters. The number of hydrogen-bond donors (Lipinski definition) is 2. The molecule has 0 aliphatic carbocycles. The van der Waals surface area contributed by atoms with Crippen molar-refractivity contribution in [2.24, 2.45) is 5.92 Å². The lowest BCUT2D eigenvalue weighted by atomic mass is 10.1. The van der Waals surface area contributed by atoms with Crippen LogP contribution in [0.5, 0.6) is 5.88 Å². The predicted molar refractivity (Wildman–Crippen MR) is 100 cm³/mol. The molecule has 2 N–H and O–H groups in total. The number of nitrogens with zero attached hydrogens (tertiary/aromatic N) is 4. The maximum Gasteiger partial charge on any atom is 0.246 e. The van der Waals surface area contributed by atoms with Crippen LogP contribution in [-0.2, 0) is 11.3 Å². The van der Waals surface area contributed by atoms with Gasteiger partial charge in [-0.05, 0) is 24.1 Å². The van der Waals surface area contributed by atoms with Crippen molar-refractivity contribution >= 4 is 17.1 Å². The molecule has 8 nitrogen and oxygen atoms in total. The zero-order valence-electron chi connectivity index (χ0n) is 15.7. The molecule has 3 atom stereocenters. The quantitative estimate of drug-likeness (QED) is 0.671. The average molecular weight is 387 g/mol. The van der Waals surface area contributed by atoms with Crippen molar-refractivity contribution in [1.29, 1.82) is 0 Å². The number of nitrogens with one attached hydrogen (secondary N) is 1. The molecule has 0 bridgehead atoms. The largest absolute Gasteiger partial charge is 0.479 e. The Bertz CT molecular complexity index is 962. The number of anilines is 1. The topological polar surface area (TPSA) is 94.3 Å². The van der Waals surface area contributed by atoms with Crippen molar-refractivity contribution in [1.82, 2.24) is 19.5 Å². The van der Waals surface area contributed by atoms with Gasteiger partial charge in [0.25, 0.3) is 0 Å². The van der Waals surface area contributed by atoms with E-state index in [4.69, 9.17) is 9.47 Å². The molecule has 0 saturated carbocycles. The second kappa shape index (κ2) is 7.69. The summed E-state index contributed by atoms with van der Waals surface area (Å²) in [6, 6.07) is 6.22. The maximum absolute atomic E-state index is 13.1. The van der Waals surface area contributed by atoms with Gasteiger partial charge < -0.3 is 19.9 Å². The van der Waals surface area contributed by atoms with Crippen molar-refractivity contribution in [2.45, 2.75) is 32.2 Å². The van der Waals surface area contributed by atoms with Gasteiger partial charge in [0.05, 0.1) is 26.1 Å². The highest BCUT2D eigenvalue weighted by Crippen LogP contribution is 2.36. The zero-order valence-corrected chi connectivity index (χ0v) is 15.7. The van der Waals surface area contributed by atoms with Crippen molar-refractivity contribution in [3.05, 3.63) is 42.0 Å². The highest BCUT2D eigenvalue weighted by molar-refractivity contribution is 5.77. The number of aliphatic hydroxyl groups is 1. The Morgan fingerprint density at radius 2 is 2.11 bits per heavy atom. The second-order valence-electron chi connectivity index (χ2n) is 6.90. The lowest BCUT2D eigenvalue weighted by molar-refractivity contribution is -0.0294. The Kier molecular flexibility index (Phi) is 5.10. The van der Waals surface area contributed by atoms with Gasteiger partial charge in [0.1, 0.15) is 12.0 Å². The van der Waals surface area contributed by atoms with E-state index < -0.39 is 0 Å². The van der Waals surface area contributed by atoms with Crippen molar-refractivity contribution in [2.75, 3.05) is 19.0 Å². The average Bonchev–Trinajstić information content (AvgIpc) is 3.29. The van der Waals surface area contributed by atoms with Gasteiger partial charge in [-0.3, -0.25) is 4.57 Å². The van der Waals surface area contributed by atoms with Crippen LogP contribution in [0, 0.1) is 11.7 Å². The van der Waals surface area contributed by atoms with Gasteiger partial charge in [-0.15, -0.1) is 0 Å². The van der Waals surface area contributed by atoms with E-state index in [1.54, 1.807) is 18.5 Å². The molecule has 1 aromatic carbocycles. The van der Waals surface area contributed by atoms with Gasteiger partial charge in [0, 0.05) is 12.5 Å². The van der Waals surface area contributed by atoms with E-state index in [-0.39, 0.29) is 30.7 Å². The standard InChI is InChI=1S/C19H22FN5O3/c1-11-7-14(9-26)28-18(11)25-10-22-15-16(25)23-19(24-17(15)27-2)21-8-12-3-5-13(20)6-4-12/h3-6,10-11,14,18,26H,7-9H2,1-2H3,(H,21,23,24)/t11-,14-,18?/m0/s1. The van der Waals surface area contributed by atoms with Crippen LogP contribution in [0.25, 0.3) is 11.2 Å². The number of benzene rings is 1. The first-order valence-electron chi connectivity index (χ1n) is 9.12. The summed E-state index contributed by atoms with van der Waals surface area (Å²) in [6.45, 7) is 2.49. The molecule has 1 aliphatic rings. The first kappa shape index (κ1) is 18.6. The molecule has 148 valence electrons. The first-order valence-corrected chi connectivity index (χ1v) is 9.12. The van der Waals surface area contributed by atoms with Crippen LogP contribution in [0.2, 0.25) is 0 Å². The molecule has 4 rings (SSSR count). The molecular weight excluding hydrogens is 365 g/mol. The number of halogens is 1. The molecule has 0 radical (unpaired) electrons. The zero-order chi connectivity index (χ0) is 19.7. The molecule has 1 fully saturated rings. The number of ether oxygens (including phenoxy) is 2. The molecule has 28 heavy (non-hydrogen) atoms. The fourth-order valence-electron chi connectivity index (χ4n) is 3.46. The fourth-order valence-corrected chi connectivity index (χ4v) is 3.46. The Morgan fingerprint density at radius 3 is 2.79 bits per heavy atom. The number of hydrogen-bond acceptors (Lipinski definition) is 7. The monoisotopic (exact) mass is 387 g/mol. The first-order chi connectivity index (χ1) is 13.6. The summed E-state index contributed by atoms with van der Waals surface area (Å²) in [7, 11) is 1.53. The maximum atomic E-state index is 13.1. The lowest BCUT2D eigenvalue weighted by Gasteiger charge is -2.17. The van der Waals surface area contributed by atoms with Crippen LogP contribution < -0.4 is 10.1 Å². The summed E-state index contributed by atoms with van der Waals surface area (Å²) in [4.78, 5) is 13.3. The highest BCUT2D eigenvalue weighted by atomic mass is 19.1. The van der Waals surface area contributed by atoms with E-state index in [1.165, 1.54) is 19.2 Å². The number of fused-ring (bicyclic) bond motifs is 1. The predicted octanol–water partition coefficient (Wildman–Crippen LogP) is 2.50. The summed E-state index contributed by atoms with van der Waals surface area (Å²) in [5.41, 5.74) is 2.03. The van der Waals surface area contributed by atoms with E-state index in [0.717, 1.165) is 12.0 Å². The minimum Gasteiger partial charge on any atom is -0.479 e. The number of aromatic nitrogens is 4. The summed E-state index contributed by atoms with van der Waals surface area (Å²) in [5, 5.41) is 12.5. The molecule has 3 aromatic rings. The highest BCUT2D eigenvalue weighted by Gasteiger charge is 2.34. The van der Waals surface area contributed by atoms with E-state index in [0.29, 0.717) is 29.5 Å². The molecule has 1 aliphatic heterocycles. The van der Waals surface area contributed by atoms with Crippen LogP contribution in [0.1, 0.15) is 25.1 Å². The third kappa shape index (κ3) is 3.50. The molecule has 0 amide bonds. The lowest BCUT2D eigenvalue weighted by Crippen LogP contribution is -2.16. The molecule has 1 saturated heterocycles. The minimum absolute atomic E-state index is 0.0176. The number of methoxy groups -OCH3 is 1. The van der Waals surface area contributed by atoms with Gasteiger partial charge in [0.2, 0.25) is 11.8 Å². The normalized spacial score (nSPS) is 21.9. The van der Waals surface area contributed by atoms with E-state index in [2.05, 4.69) is 27.2 Å². The molecule has 3 heterocycles. The smallest absolute Gasteiger partial charge is 0.246 e. The Hall–Kier alpha value is -2.78. The van der Waals surface area contributed by atoms with Crippen LogP contribution >= 0.6 is 0 Å². The third-order valence-corrected chi connectivity index (χ3v) is 4.88. The summed E-state index contributed by atoms with van der Waals surface area (Å²) in [6.07, 6.45) is 1.95. The molecule has 9 heteroatoms. The van der Waals surface area contributed by atoms with E-state index in [9.17, 15) is 9.50 Å². The van der Waals surface area contributed by atoms with Crippen molar-refractivity contribution in [3.8, 4) is 5.88 Å². The Morgan fingerprint density at radius 1 is 1.32 bits per heavy atom. The van der Waals surface area contributed by atoms with Crippen LogP contribution in [0.3, 0.4) is 0 Å². The van der Waals surface area contributed by atoms with Crippen molar-refractivity contribution < 1.29 is 19.0 Å². The Labute approximate surface area is 161 Å². The van der Waals surface area contributed by atoms with Crippen LogP contribution in [0.15, 0.2) is 30.6 Å². The van der Waals surface area contributed by atoms with Gasteiger partial charge in [-0.25, -0.2) is 9.37 Å². The SMILES string of the molecule is COc1nc(NCc2ccc(F)cc2)nc2c1ncn2C1O[C@H](CO)C[C@@H]1C. The van der Waals surface area contributed by atoms with E-state index >= 15 is 0 Å². The van der Waals surface area contributed by atoms with Gasteiger partial charge in [0.15, 0.2) is 11.2 Å². The summed E-state index contributed by atoms with van der Waals surface area (Å²) < 4.78 is 26.2. The Balaban J connectivity index is 1.64. The minimum atomic E-state index is -0.279. The van der Waals surface area contributed by atoms with E-state index in [1.807, 2.05) is 4.57 Å². The molecule has 2 aromatic heterocycles. The molecule has 0 spiro atoms. The summed E-state index contributed by atoms with van der Waals surface area (Å²) in [5.74, 6) is 0.652. The number of rotatable bonds is 6. The van der Waals surface area contributed by atoms with Crippen LogP contribution in [-0.4, -0.2) is 44.4 Å². The third-order valence-electron chi connectivity index (χ3n) is 4.88. The van der Waals surface area contributed by atoms with Gasteiger partial charge >= 0.3 is 0 Å². The number of aliphatic hydroxyl groups excluding tert-OH is 1. The molecular formula is C19H22FN5O3. The van der Waals surface area contributed by atoms with Gasteiger partial charge in [-0.2, -0.15) is 9.97 Å².